The predicted octanol–water partition coefficient (Wildman–Crippen LogP) is 12.5. The van der Waals surface area contributed by atoms with E-state index in [1.165, 1.54) is 173 Å². The van der Waals surface area contributed by atoms with Crippen molar-refractivity contribution in [2.24, 2.45) is 0 Å². The molecule has 0 saturated carbocycles. The molecule has 1 heterocycles. The lowest BCUT2D eigenvalue weighted by Crippen LogP contribution is -2.61. The molecule has 67 heavy (non-hydrogen) atoms. The van der Waals surface area contributed by atoms with Gasteiger partial charge in [0.2, 0.25) is 5.91 Å². The van der Waals surface area contributed by atoms with Crippen molar-refractivity contribution < 1.29 is 51.8 Å². The second-order valence-electron chi connectivity index (χ2n) is 19.5. The molecule has 0 aromatic rings. The van der Waals surface area contributed by atoms with Crippen molar-refractivity contribution in [1.29, 1.82) is 0 Å². The SMILES string of the molecule is CCCCCCCCCCC/C=C\C/C=C\CCCCCCCCCCCCCC(=O)NC(COC1OC(CO)C(O)C(OS(=O)(=O)O)C1O)C(O)CCCCCCCCCCCCCCC. The molecule has 12 nitrogen and oxygen atoms in total. The zero-order chi connectivity index (χ0) is 49.1. The van der Waals surface area contributed by atoms with Gasteiger partial charge < -0.3 is 35.2 Å². The van der Waals surface area contributed by atoms with E-state index in [2.05, 4.69) is 47.7 Å². The van der Waals surface area contributed by atoms with E-state index in [0.717, 1.165) is 51.4 Å². The van der Waals surface area contributed by atoms with E-state index in [0.29, 0.717) is 19.3 Å². The number of hydrogen-bond donors (Lipinski definition) is 6. The number of amides is 1. The maximum Gasteiger partial charge on any atom is 0.397 e. The fourth-order valence-corrected chi connectivity index (χ4v) is 9.47. The molecule has 6 N–H and O–H groups in total. The van der Waals surface area contributed by atoms with E-state index < -0.39 is 59.9 Å². The zero-order valence-corrected chi connectivity index (χ0v) is 43.5. The molecule has 0 aromatic heterocycles. The van der Waals surface area contributed by atoms with E-state index >= 15 is 0 Å². The standard InChI is InChI=1S/C54H103NO11S/c1-3-5-7-9-11-13-15-17-18-19-20-21-22-23-24-25-26-27-28-29-30-32-34-36-38-40-42-44-50(58)55-47(48(57)43-41-39-37-35-33-31-16-14-12-10-8-6-4-2)46-64-54-52(60)53(66-67(61,62)63)51(59)49(45-56)65-54/h20-21,23-24,47-49,51-54,56-57,59-60H,3-19,22,25-46H2,1-2H3,(H,55,58)(H,61,62,63)/b21-20-,24-23-. The van der Waals surface area contributed by atoms with Gasteiger partial charge in [0.05, 0.1) is 25.4 Å². The lowest BCUT2D eigenvalue weighted by atomic mass is 9.99. The van der Waals surface area contributed by atoms with Gasteiger partial charge in [-0.2, -0.15) is 8.42 Å². The Morgan fingerprint density at radius 2 is 1.00 bits per heavy atom. The number of ether oxygens (including phenoxy) is 2. The maximum absolute atomic E-state index is 13.1. The third-order valence-corrected chi connectivity index (χ3v) is 13.7. The highest BCUT2D eigenvalue weighted by atomic mass is 32.3. The molecule has 1 aliphatic rings. The second kappa shape index (κ2) is 44.5. The lowest BCUT2D eigenvalue weighted by Gasteiger charge is -2.41. The Labute approximate surface area is 410 Å². The fourth-order valence-electron chi connectivity index (χ4n) is 8.96. The first kappa shape index (κ1) is 63.6. The molecule has 0 aliphatic carbocycles. The van der Waals surface area contributed by atoms with Gasteiger partial charge in [0.15, 0.2) is 6.29 Å². The van der Waals surface area contributed by atoms with Crippen LogP contribution < -0.4 is 5.32 Å². The first-order chi connectivity index (χ1) is 32.5. The normalized spacial score (nSPS) is 20.0. The van der Waals surface area contributed by atoms with Crippen LogP contribution in [-0.4, -0.2) is 95.4 Å². The Bertz CT molecular complexity index is 1280. The van der Waals surface area contributed by atoms with Crippen molar-refractivity contribution in [1.82, 2.24) is 5.32 Å². The number of carbonyl (C=O) groups excluding carboxylic acids is 1. The summed E-state index contributed by atoms with van der Waals surface area (Å²) in [6, 6.07) is -0.858. The van der Waals surface area contributed by atoms with Crippen LogP contribution in [0.3, 0.4) is 0 Å². The minimum absolute atomic E-state index is 0.230. The van der Waals surface area contributed by atoms with E-state index in [1.54, 1.807) is 0 Å². The van der Waals surface area contributed by atoms with Gasteiger partial charge in [-0.15, -0.1) is 0 Å². The van der Waals surface area contributed by atoms with Gasteiger partial charge in [0, 0.05) is 6.42 Å². The van der Waals surface area contributed by atoms with Gasteiger partial charge in [-0.05, 0) is 44.9 Å². The summed E-state index contributed by atoms with van der Waals surface area (Å²) < 4.78 is 47.8. The molecule has 1 fully saturated rings. The summed E-state index contributed by atoms with van der Waals surface area (Å²) >= 11 is 0. The number of allylic oxidation sites excluding steroid dienone is 4. The molecule has 0 aromatic carbocycles. The van der Waals surface area contributed by atoms with E-state index in [-0.39, 0.29) is 12.5 Å². The van der Waals surface area contributed by atoms with Crippen LogP contribution in [0.2, 0.25) is 0 Å². The number of hydrogen-bond acceptors (Lipinski definition) is 10. The number of unbranched alkanes of at least 4 members (excludes halogenated alkanes) is 32. The first-order valence-electron chi connectivity index (χ1n) is 27.7. The summed E-state index contributed by atoms with van der Waals surface area (Å²) in [5.41, 5.74) is 0. The van der Waals surface area contributed by atoms with E-state index in [9.17, 15) is 38.2 Å². The number of rotatable bonds is 48. The fraction of sp³-hybridized carbons (Fsp3) is 0.907. The number of aliphatic hydroxyl groups is 4. The molecule has 1 amide bonds. The third kappa shape index (κ3) is 37.1. The smallest absolute Gasteiger partial charge is 0.394 e. The average Bonchev–Trinajstić information content (AvgIpc) is 3.30. The Morgan fingerprint density at radius 3 is 1.42 bits per heavy atom. The lowest BCUT2D eigenvalue weighted by molar-refractivity contribution is -0.298. The zero-order valence-electron chi connectivity index (χ0n) is 42.7. The first-order valence-corrected chi connectivity index (χ1v) is 29.1. The van der Waals surface area contributed by atoms with E-state index in [4.69, 9.17) is 9.47 Å². The van der Waals surface area contributed by atoms with Crippen LogP contribution in [-0.2, 0) is 28.9 Å². The second-order valence-corrected chi connectivity index (χ2v) is 20.6. The van der Waals surface area contributed by atoms with Gasteiger partial charge >= 0.3 is 10.4 Å². The molecule has 1 saturated heterocycles. The molecular weight excluding hydrogens is 871 g/mol. The van der Waals surface area contributed by atoms with Crippen LogP contribution in [0.25, 0.3) is 0 Å². The van der Waals surface area contributed by atoms with Crippen LogP contribution in [0.15, 0.2) is 24.3 Å². The molecule has 13 heteroatoms. The number of nitrogens with one attached hydrogen (secondary N) is 1. The molecule has 0 spiro atoms. The highest BCUT2D eigenvalue weighted by Crippen LogP contribution is 2.26. The monoisotopic (exact) mass is 974 g/mol. The minimum atomic E-state index is -5.08. The molecule has 1 aliphatic heterocycles. The van der Waals surface area contributed by atoms with Crippen LogP contribution in [0.5, 0.6) is 0 Å². The molecular formula is C54H103NO11S. The van der Waals surface area contributed by atoms with E-state index in [1.807, 2.05) is 0 Å². The molecule has 396 valence electrons. The predicted molar refractivity (Wildman–Crippen MR) is 273 cm³/mol. The summed E-state index contributed by atoms with van der Waals surface area (Å²) in [5.74, 6) is -0.230. The molecule has 7 unspecified atom stereocenters. The van der Waals surface area contributed by atoms with Crippen LogP contribution in [0.1, 0.15) is 258 Å². The third-order valence-electron chi connectivity index (χ3n) is 13.3. The van der Waals surface area contributed by atoms with Crippen molar-refractivity contribution in [3.63, 3.8) is 0 Å². The van der Waals surface area contributed by atoms with Crippen molar-refractivity contribution in [2.45, 2.75) is 301 Å². The molecule has 0 radical (unpaired) electrons. The summed E-state index contributed by atoms with van der Waals surface area (Å²) in [7, 11) is -5.08. The van der Waals surface area contributed by atoms with Crippen LogP contribution in [0, 0.1) is 0 Å². The molecule has 7 atom stereocenters. The highest BCUT2D eigenvalue weighted by Gasteiger charge is 2.48. The average molecular weight is 974 g/mol. The quantitative estimate of drug-likeness (QED) is 0.0193. The number of aliphatic hydroxyl groups excluding tert-OH is 4. The molecule has 0 bridgehead atoms. The Hall–Kier alpha value is -1.42. The van der Waals surface area contributed by atoms with Crippen LogP contribution >= 0.6 is 0 Å². The van der Waals surface area contributed by atoms with Crippen molar-refractivity contribution >= 4 is 16.3 Å². The largest absolute Gasteiger partial charge is 0.397 e. The summed E-state index contributed by atoms with van der Waals surface area (Å²) in [4.78, 5) is 13.1. The van der Waals surface area contributed by atoms with Gasteiger partial charge in [-0.3, -0.25) is 9.35 Å². The van der Waals surface area contributed by atoms with Crippen molar-refractivity contribution in [3.8, 4) is 0 Å². The van der Waals surface area contributed by atoms with Gasteiger partial charge in [-0.25, -0.2) is 4.18 Å². The van der Waals surface area contributed by atoms with Crippen molar-refractivity contribution in [2.75, 3.05) is 13.2 Å². The topological polar surface area (TPSA) is 192 Å². The Kier molecular flexibility index (Phi) is 42.3. The summed E-state index contributed by atoms with van der Waals surface area (Å²) in [5, 5.41) is 45.0. The summed E-state index contributed by atoms with van der Waals surface area (Å²) in [6.45, 7) is 3.46. The summed E-state index contributed by atoms with van der Waals surface area (Å²) in [6.07, 6.45) is 44.7. The maximum atomic E-state index is 13.1. The van der Waals surface area contributed by atoms with Gasteiger partial charge in [-0.1, -0.05) is 231 Å². The van der Waals surface area contributed by atoms with Crippen molar-refractivity contribution in [3.05, 3.63) is 24.3 Å². The van der Waals surface area contributed by atoms with Gasteiger partial charge in [0.1, 0.15) is 24.4 Å². The van der Waals surface area contributed by atoms with Gasteiger partial charge in [0.25, 0.3) is 0 Å². The Morgan fingerprint density at radius 1 is 0.597 bits per heavy atom. The minimum Gasteiger partial charge on any atom is -0.394 e. The van der Waals surface area contributed by atoms with Crippen LogP contribution in [0.4, 0.5) is 0 Å². The Balaban J connectivity index is 2.32. The number of carbonyl (C=O) groups is 1. The highest BCUT2D eigenvalue weighted by molar-refractivity contribution is 7.80. The molecule has 1 rings (SSSR count).